The number of hydrogen-bond donors (Lipinski definition) is 1. The van der Waals surface area contributed by atoms with Crippen molar-refractivity contribution in [2.75, 3.05) is 5.43 Å². The molecule has 3 nitrogen and oxygen atoms in total. The summed E-state index contributed by atoms with van der Waals surface area (Å²) in [7, 11) is 0. The van der Waals surface area contributed by atoms with E-state index in [9.17, 15) is 0 Å². The molecule has 0 saturated heterocycles. The van der Waals surface area contributed by atoms with E-state index in [4.69, 9.17) is 23.2 Å². The highest BCUT2D eigenvalue weighted by atomic mass is 35.5. The highest BCUT2D eigenvalue weighted by molar-refractivity contribution is 6.35. The van der Waals surface area contributed by atoms with E-state index in [1.165, 1.54) is 11.1 Å². The zero-order chi connectivity index (χ0) is 13.2. The molecule has 1 aromatic carbocycles. The fraction of sp³-hybridized carbons (Fsp3) is 0.143. The number of hydrazone groups is 1. The number of aryl methyl sites for hydroxylation is 1. The van der Waals surface area contributed by atoms with Gasteiger partial charge in [-0.15, -0.1) is 0 Å². The van der Waals surface area contributed by atoms with Crippen molar-refractivity contribution >= 4 is 34.7 Å². The Balaban J connectivity index is 1.84. The molecule has 0 bridgehead atoms. The molecule has 1 aliphatic rings. The van der Waals surface area contributed by atoms with Gasteiger partial charge in [-0.1, -0.05) is 47.5 Å². The predicted octanol–water partition coefficient (Wildman–Crippen LogP) is 4.15. The van der Waals surface area contributed by atoms with Gasteiger partial charge in [0.1, 0.15) is 0 Å². The van der Waals surface area contributed by atoms with Gasteiger partial charge in [-0.2, -0.15) is 5.10 Å². The maximum absolute atomic E-state index is 6.04. The molecule has 19 heavy (non-hydrogen) atoms. The fourth-order valence-electron chi connectivity index (χ4n) is 2.14. The molecular formula is C14H11Cl2N3. The van der Waals surface area contributed by atoms with Crippen LogP contribution in [0.2, 0.25) is 10.0 Å². The van der Waals surface area contributed by atoms with Gasteiger partial charge < -0.3 is 0 Å². The van der Waals surface area contributed by atoms with Crippen LogP contribution in [0, 0.1) is 0 Å². The average molecular weight is 292 g/mol. The summed E-state index contributed by atoms with van der Waals surface area (Å²) >= 11 is 11.8. The van der Waals surface area contributed by atoms with E-state index in [0.29, 0.717) is 15.9 Å². The molecule has 0 unspecified atom stereocenters. The number of pyridine rings is 1. The molecule has 0 amide bonds. The van der Waals surface area contributed by atoms with Gasteiger partial charge in [-0.25, -0.2) is 4.98 Å². The average Bonchev–Trinajstić information content (AvgIpc) is 2.81. The van der Waals surface area contributed by atoms with Crippen LogP contribution in [0.25, 0.3) is 0 Å². The molecule has 96 valence electrons. The van der Waals surface area contributed by atoms with Crippen LogP contribution in [0.4, 0.5) is 5.82 Å². The Kier molecular flexibility index (Phi) is 3.40. The van der Waals surface area contributed by atoms with Gasteiger partial charge in [0.2, 0.25) is 0 Å². The van der Waals surface area contributed by atoms with Gasteiger partial charge in [0.05, 0.1) is 15.8 Å². The molecule has 0 radical (unpaired) electrons. The Labute approximate surface area is 121 Å². The van der Waals surface area contributed by atoms with Gasteiger partial charge in [0, 0.05) is 11.8 Å². The number of fused-ring (bicyclic) bond motifs is 1. The predicted molar refractivity (Wildman–Crippen MR) is 79.2 cm³/mol. The van der Waals surface area contributed by atoms with Gasteiger partial charge >= 0.3 is 0 Å². The Hall–Kier alpha value is -1.58. The number of nitrogens with one attached hydrogen (secondary N) is 1. The number of rotatable bonds is 2. The number of nitrogens with zero attached hydrogens (tertiary/aromatic N) is 2. The van der Waals surface area contributed by atoms with Gasteiger partial charge in [0.25, 0.3) is 0 Å². The molecule has 0 spiro atoms. The van der Waals surface area contributed by atoms with Crippen molar-refractivity contribution in [1.82, 2.24) is 4.98 Å². The monoisotopic (exact) mass is 291 g/mol. The lowest BCUT2D eigenvalue weighted by atomic mass is 10.1. The maximum atomic E-state index is 6.04. The number of benzene rings is 1. The Bertz CT molecular complexity index is 653. The van der Waals surface area contributed by atoms with Gasteiger partial charge in [-0.05, 0) is 24.5 Å². The van der Waals surface area contributed by atoms with Crippen LogP contribution in [0.15, 0.2) is 41.6 Å². The summed E-state index contributed by atoms with van der Waals surface area (Å²) in [5.41, 5.74) is 6.47. The number of aromatic nitrogens is 1. The normalized spacial score (nSPS) is 15.6. The zero-order valence-electron chi connectivity index (χ0n) is 10.0. The van der Waals surface area contributed by atoms with Crippen LogP contribution in [-0.4, -0.2) is 10.7 Å². The second-order valence-corrected chi connectivity index (χ2v) is 5.16. The first-order chi connectivity index (χ1) is 9.24. The lowest BCUT2D eigenvalue weighted by molar-refractivity contribution is 1.08. The van der Waals surface area contributed by atoms with Crippen molar-refractivity contribution in [3.63, 3.8) is 0 Å². The first-order valence-electron chi connectivity index (χ1n) is 5.96. The highest BCUT2D eigenvalue weighted by Crippen LogP contribution is 2.25. The summed E-state index contributed by atoms with van der Waals surface area (Å²) < 4.78 is 0. The molecule has 2 aromatic rings. The SMILES string of the molecule is Clc1cnc(N/N=C2\CCc3ccccc32)c(Cl)c1. The van der Waals surface area contributed by atoms with Crippen molar-refractivity contribution in [3.05, 3.63) is 57.7 Å². The molecule has 0 saturated carbocycles. The van der Waals surface area contributed by atoms with Gasteiger partial charge in [0.15, 0.2) is 5.82 Å². The highest BCUT2D eigenvalue weighted by Gasteiger charge is 2.16. The fourth-order valence-corrected chi connectivity index (χ4v) is 2.56. The van der Waals surface area contributed by atoms with Crippen molar-refractivity contribution in [1.29, 1.82) is 0 Å². The smallest absolute Gasteiger partial charge is 0.165 e. The summed E-state index contributed by atoms with van der Waals surface area (Å²) in [5.74, 6) is 0.517. The second-order valence-electron chi connectivity index (χ2n) is 4.31. The van der Waals surface area contributed by atoms with Crippen molar-refractivity contribution in [2.24, 2.45) is 5.10 Å². The minimum Gasteiger partial charge on any atom is -0.260 e. The van der Waals surface area contributed by atoms with Crippen LogP contribution in [-0.2, 0) is 6.42 Å². The second kappa shape index (κ2) is 5.19. The summed E-state index contributed by atoms with van der Waals surface area (Å²) in [6, 6.07) is 9.92. The molecule has 1 N–H and O–H groups in total. The third-order valence-electron chi connectivity index (χ3n) is 3.06. The summed E-state index contributed by atoms with van der Waals surface area (Å²) in [6.45, 7) is 0. The van der Waals surface area contributed by atoms with Crippen molar-refractivity contribution in [2.45, 2.75) is 12.8 Å². The quantitative estimate of drug-likeness (QED) is 0.844. The first-order valence-corrected chi connectivity index (χ1v) is 6.71. The van der Waals surface area contributed by atoms with E-state index in [1.54, 1.807) is 12.3 Å². The Morgan fingerprint density at radius 2 is 2.00 bits per heavy atom. The number of halogens is 2. The van der Waals surface area contributed by atoms with Crippen LogP contribution in [0.5, 0.6) is 0 Å². The van der Waals surface area contributed by atoms with Crippen molar-refractivity contribution < 1.29 is 0 Å². The Morgan fingerprint density at radius 1 is 1.16 bits per heavy atom. The summed E-state index contributed by atoms with van der Waals surface area (Å²) in [5, 5.41) is 5.37. The molecule has 5 heteroatoms. The van der Waals surface area contributed by atoms with Crippen LogP contribution < -0.4 is 5.43 Å². The van der Waals surface area contributed by atoms with E-state index in [0.717, 1.165) is 18.6 Å². The third kappa shape index (κ3) is 2.57. The molecule has 0 fully saturated rings. The number of anilines is 1. The molecule has 1 aliphatic carbocycles. The molecule has 3 rings (SSSR count). The standard InChI is InChI=1S/C14H11Cl2N3/c15-10-7-12(16)14(17-8-10)19-18-13-6-5-9-3-1-2-4-11(9)13/h1-4,7-8H,5-6H2,(H,17,19)/b18-13+. The summed E-state index contributed by atoms with van der Waals surface area (Å²) in [6.07, 6.45) is 3.49. The van der Waals surface area contributed by atoms with Crippen molar-refractivity contribution in [3.8, 4) is 0 Å². The largest absolute Gasteiger partial charge is 0.260 e. The van der Waals surface area contributed by atoms with E-state index in [-0.39, 0.29) is 0 Å². The minimum absolute atomic E-state index is 0.461. The minimum atomic E-state index is 0.461. The van der Waals surface area contributed by atoms with E-state index >= 15 is 0 Å². The van der Waals surface area contributed by atoms with Crippen LogP contribution >= 0.6 is 23.2 Å². The topological polar surface area (TPSA) is 37.3 Å². The van der Waals surface area contributed by atoms with E-state index in [2.05, 4.69) is 27.6 Å². The van der Waals surface area contributed by atoms with Crippen LogP contribution in [0.3, 0.4) is 0 Å². The molecule has 1 aromatic heterocycles. The van der Waals surface area contributed by atoms with Gasteiger partial charge in [-0.3, -0.25) is 5.43 Å². The Morgan fingerprint density at radius 3 is 2.84 bits per heavy atom. The van der Waals surface area contributed by atoms with E-state index in [1.807, 2.05) is 12.1 Å². The van der Waals surface area contributed by atoms with E-state index < -0.39 is 0 Å². The third-order valence-corrected chi connectivity index (χ3v) is 3.56. The maximum Gasteiger partial charge on any atom is 0.165 e. The molecule has 0 aliphatic heterocycles. The lowest BCUT2D eigenvalue weighted by Crippen LogP contribution is -2.01. The molecule has 1 heterocycles. The number of hydrogen-bond acceptors (Lipinski definition) is 3. The summed E-state index contributed by atoms with van der Waals surface area (Å²) in [4.78, 5) is 4.11. The zero-order valence-corrected chi connectivity index (χ0v) is 11.5. The molecular weight excluding hydrogens is 281 g/mol. The van der Waals surface area contributed by atoms with Crippen LogP contribution in [0.1, 0.15) is 17.5 Å². The first kappa shape index (κ1) is 12.5. The lowest BCUT2D eigenvalue weighted by Gasteiger charge is -2.04. The molecule has 0 atom stereocenters.